The fourth-order valence-corrected chi connectivity index (χ4v) is 2.01. The second-order valence-electron chi connectivity index (χ2n) is 4.26. The van der Waals surface area contributed by atoms with Gasteiger partial charge in [0.05, 0.1) is 0 Å². The van der Waals surface area contributed by atoms with Gasteiger partial charge < -0.3 is 10.2 Å². The molecule has 0 aliphatic heterocycles. The number of anilines is 2. The molecule has 7 heteroatoms. The Labute approximate surface area is 127 Å². The van der Waals surface area contributed by atoms with Crippen molar-refractivity contribution in [2.75, 3.05) is 30.4 Å². The minimum Gasteiger partial charge on any atom is -0.375 e. The van der Waals surface area contributed by atoms with E-state index in [4.69, 9.17) is 23.2 Å². The van der Waals surface area contributed by atoms with E-state index in [0.29, 0.717) is 5.82 Å². The smallest absolute Gasteiger partial charge is 0.245 e. The van der Waals surface area contributed by atoms with Crippen molar-refractivity contribution < 1.29 is 0 Å². The van der Waals surface area contributed by atoms with Crippen LogP contribution in [-0.4, -0.2) is 35.3 Å². The van der Waals surface area contributed by atoms with E-state index in [1.165, 1.54) is 5.69 Å². The third kappa shape index (κ3) is 4.21. The first-order valence-corrected chi connectivity index (χ1v) is 6.98. The van der Waals surface area contributed by atoms with Crippen LogP contribution in [0.1, 0.15) is 6.42 Å². The third-order valence-electron chi connectivity index (χ3n) is 2.78. The van der Waals surface area contributed by atoms with Crippen molar-refractivity contribution in [3.63, 3.8) is 0 Å². The molecule has 0 bridgehead atoms. The number of benzene rings is 1. The van der Waals surface area contributed by atoms with Crippen molar-refractivity contribution in [3.05, 3.63) is 40.8 Å². The highest BCUT2D eigenvalue weighted by molar-refractivity contribution is 6.32. The number of nitrogens with zero attached hydrogens (tertiary/aromatic N) is 4. The molecule has 0 aliphatic rings. The third-order valence-corrected chi connectivity index (χ3v) is 3.19. The average molecular weight is 312 g/mol. The first-order valence-electron chi connectivity index (χ1n) is 6.22. The quantitative estimate of drug-likeness (QED) is 0.831. The highest BCUT2D eigenvalue weighted by Gasteiger charge is 2.05. The molecule has 2 rings (SSSR count). The molecule has 1 N–H and O–H groups in total. The molecule has 5 nitrogen and oxygen atoms in total. The lowest BCUT2D eigenvalue weighted by Crippen LogP contribution is -2.21. The number of para-hydroxylation sites is 1. The summed E-state index contributed by atoms with van der Waals surface area (Å²) in [4.78, 5) is 6.17. The van der Waals surface area contributed by atoms with Crippen LogP contribution in [0.15, 0.2) is 30.3 Å². The maximum Gasteiger partial charge on any atom is 0.245 e. The minimum atomic E-state index is 0.0818. The van der Waals surface area contributed by atoms with Gasteiger partial charge in [-0.25, -0.2) is 0 Å². The summed E-state index contributed by atoms with van der Waals surface area (Å²) in [5, 5.41) is 10.7. The molecule has 0 aliphatic carbocycles. The van der Waals surface area contributed by atoms with Crippen LogP contribution >= 0.6 is 23.2 Å². The highest BCUT2D eigenvalue weighted by atomic mass is 35.5. The first-order chi connectivity index (χ1) is 9.66. The van der Waals surface area contributed by atoms with E-state index in [1.807, 2.05) is 18.2 Å². The van der Waals surface area contributed by atoms with Crippen LogP contribution in [0.4, 0.5) is 11.5 Å². The predicted octanol–water partition coefficient (Wildman–Crippen LogP) is 3.12. The summed E-state index contributed by atoms with van der Waals surface area (Å²) in [5.41, 5.74) is 1.19. The molecule has 20 heavy (non-hydrogen) atoms. The summed E-state index contributed by atoms with van der Waals surface area (Å²) in [6, 6.07) is 10.2. The highest BCUT2D eigenvalue weighted by Crippen LogP contribution is 2.16. The first kappa shape index (κ1) is 14.8. The summed E-state index contributed by atoms with van der Waals surface area (Å²) in [6.07, 6.45) is 0.934. The number of aromatic nitrogens is 3. The van der Waals surface area contributed by atoms with Gasteiger partial charge in [0.1, 0.15) is 0 Å². The van der Waals surface area contributed by atoms with Gasteiger partial charge in [0.25, 0.3) is 0 Å². The summed E-state index contributed by atoms with van der Waals surface area (Å²) >= 11 is 11.5. The lowest BCUT2D eigenvalue weighted by atomic mass is 10.3. The number of nitrogens with one attached hydrogen (secondary N) is 1. The van der Waals surface area contributed by atoms with Crippen molar-refractivity contribution >= 4 is 34.7 Å². The zero-order valence-corrected chi connectivity index (χ0v) is 12.6. The van der Waals surface area contributed by atoms with Crippen LogP contribution in [0.3, 0.4) is 0 Å². The van der Waals surface area contributed by atoms with Crippen LogP contribution in [0.5, 0.6) is 0 Å². The second kappa shape index (κ2) is 7.26. The van der Waals surface area contributed by atoms with Crippen molar-refractivity contribution in [2.45, 2.75) is 6.42 Å². The van der Waals surface area contributed by atoms with Gasteiger partial charge in [-0.2, -0.15) is 4.98 Å². The Kier molecular flexibility index (Phi) is 5.38. The van der Waals surface area contributed by atoms with Gasteiger partial charge in [0.2, 0.25) is 5.28 Å². The predicted molar refractivity (Wildman–Crippen MR) is 82.7 cm³/mol. The van der Waals surface area contributed by atoms with E-state index >= 15 is 0 Å². The topological polar surface area (TPSA) is 53.9 Å². The Hall–Kier alpha value is -1.59. The summed E-state index contributed by atoms with van der Waals surface area (Å²) < 4.78 is 0. The Bertz CT molecular complexity index is 550. The average Bonchev–Trinajstić information content (AvgIpc) is 2.47. The van der Waals surface area contributed by atoms with Gasteiger partial charge in [-0.1, -0.05) is 29.8 Å². The van der Waals surface area contributed by atoms with Crippen molar-refractivity contribution in [3.8, 4) is 0 Å². The standard InChI is InChI=1S/C13H15Cl2N5/c1-20(10-6-3-2-4-7-10)9-5-8-16-12-11(14)18-19-13(15)17-12/h2-4,6-7H,5,8-9H2,1H3,(H,16,17,19). The van der Waals surface area contributed by atoms with Gasteiger partial charge in [0, 0.05) is 25.8 Å². The molecule has 1 heterocycles. The molecule has 1 aromatic heterocycles. The van der Waals surface area contributed by atoms with Gasteiger partial charge in [-0.3, -0.25) is 0 Å². The van der Waals surface area contributed by atoms with E-state index in [9.17, 15) is 0 Å². The molecular formula is C13H15Cl2N5. The SMILES string of the molecule is CN(CCCNc1nc(Cl)nnc1Cl)c1ccccc1. The molecule has 0 amide bonds. The molecule has 0 unspecified atom stereocenters. The van der Waals surface area contributed by atoms with Crippen LogP contribution in [0.2, 0.25) is 10.4 Å². The van der Waals surface area contributed by atoms with Gasteiger partial charge in [-0.15, -0.1) is 10.2 Å². The molecule has 2 aromatic rings. The van der Waals surface area contributed by atoms with Gasteiger partial charge >= 0.3 is 0 Å². The van der Waals surface area contributed by atoms with E-state index in [0.717, 1.165) is 19.5 Å². The normalized spacial score (nSPS) is 10.3. The lowest BCUT2D eigenvalue weighted by Gasteiger charge is -2.19. The fraction of sp³-hybridized carbons (Fsp3) is 0.308. The maximum absolute atomic E-state index is 5.87. The molecule has 0 fully saturated rings. The second-order valence-corrected chi connectivity index (χ2v) is 4.95. The molecule has 0 saturated carbocycles. The van der Waals surface area contributed by atoms with Crippen LogP contribution in [0, 0.1) is 0 Å². The molecule has 0 atom stereocenters. The molecule has 0 spiro atoms. The van der Waals surface area contributed by atoms with Crippen molar-refractivity contribution in [1.82, 2.24) is 15.2 Å². The van der Waals surface area contributed by atoms with Gasteiger partial charge in [0.15, 0.2) is 11.0 Å². The van der Waals surface area contributed by atoms with Crippen molar-refractivity contribution in [1.29, 1.82) is 0 Å². The molecule has 0 saturated heterocycles. The molecule has 1 aromatic carbocycles. The summed E-state index contributed by atoms with van der Waals surface area (Å²) in [6.45, 7) is 1.65. The Morgan fingerprint density at radius 1 is 1.15 bits per heavy atom. The number of hydrogen-bond acceptors (Lipinski definition) is 5. The maximum atomic E-state index is 5.87. The fourth-order valence-electron chi connectivity index (χ4n) is 1.74. The van der Waals surface area contributed by atoms with E-state index < -0.39 is 0 Å². The number of hydrogen-bond donors (Lipinski definition) is 1. The number of rotatable bonds is 6. The van der Waals surface area contributed by atoms with E-state index in [-0.39, 0.29) is 10.4 Å². The van der Waals surface area contributed by atoms with E-state index in [1.54, 1.807) is 0 Å². The Morgan fingerprint density at radius 2 is 1.90 bits per heavy atom. The number of halogens is 2. The monoisotopic (exact) mass is 311 g/mol. The molecular weight excluding hydrogens is 297 g/mol. The van der Waals surface area contributed by atoms with E-state index in [2.05, 4.69) is 44.6 Å². The summed E-state index contributed by atoms with van der Waals surface area (Å²) in [7, 11) is 2.06. The molecule has 106 valence electrons. The largest absolute Gasteiger partial charge is 0.375 e. The van der Waals surface area contributed by atoms with Crippen LogP contribution in [0.25, 0.3) is 0 Å². The zero-order chi connectivity index (χ0) is 14.4. The summed E-state index contributed by atoms with van der Waals surface area (Å²) in [5.74, 6) is 0.467. The lowest BCUT2D eigenvalue weighted by molar-refractivity contribution is 0.811. The molecule has 0 radical (unpaired) electrons. The van der Waals surface area contributed by atoms with Gasteiger partial charge in [-0.05, 0) is 30.2 Å². The van der Waals surface area contributed by atoms with Crippen LogP contribution < -0.4 is 10.2 Å². The zero-order valence-electron chi connectivity index (χ0n) is 11.1. The minimum absolute atomic E-state index is 0.0818. The Balaban J connectivity index is 1.78. The van der Waals surface area contributed by atoms with Crippen LogP contribution in [-0.2, 0) is 0 Å². The Morgan fingerprint density at radius 3 is 2.65 bits per heavy atom. The van der Waals surface area contributed by atoms with Crippen molar-refractivity contribution in [2.24, 2.45) is 0 Å².